The van der Waals surface area contributed by atoms with Crippen LogP contribution in [0, 0.1) is 23.7 Å². The first kappa shape index (κ1) is 17.9. The highest BCUT2D eigenvalue weighted by molar-refractivity contribution is 5.72. The number of likely N-dealkylation sites (tertiary alicyclic amines) is 1. The second kappa shape index (κ2) is 8.49. The van der Waals surface area contributed by atoms with Crippen LogP contribution in [-0.4, -0.2) is 36.6 Å². The largest absolute Gasteiger partial charge is 0.469 e. The molecule has 0 amide bonds. The van der Waals surface area contributed by atoms with Gasteiger partial charge in [-0.3, -0.25) is 14.7 Å². The molecule has 1 aliphatic carbocycles. The third kappa shape index (κ3) is 4.41. The van der Waals surface area contributed by atoms with E-state index in [4.69, 9.17) is 4.74 Å². The zero-order valence-corrected chi connectivity index (χ0v) is 15.3. The normalized spacial score (nSPS) is 26.7. The van der Waals surface area contributed by atoms with E-state index in [0.29, 0.717) is 12.0 Å². The lowest BCUT2D eigenvalue weighted by Gasteiger charge is -2.27. The molecule has 3 unspecified atom stereocenters. The predicted octanol–water partition coefficient (Wildman–Crippen LogP) is 3.57. The van der Waals surface area contributed by atoms with E-state index in [0.717, 1.165) is 37.8 Å². The highest BCUT2D eigenvalue weighted by Crippen LogP contribution is 2.33. The summed E-state index contributed by atoms with van der Waals surface area (Å²) in [6.07, 6.45) is 11.3. The van der Waals surface area contributed by atoms with Crippen molar-refractivity contribution in [3.8, 4) is 11.8 Å². The summed E-state index contributed by atoms with van der Waals surface area (Å²) in [4.78, 5) is 18.7. The molecule has 2 heterocycles. The molecule has 25 heavy (non-hydrogen) atoms. The van der Waals surface area contributed by atoms with Gasteiger partial charge in [-0.2, -0.15) is 0 Å². The topological polar surface area (TPSA) is 42.4 Å². The van der Waals surface area contributed by atoms with Gasteiger partial charge in [0.25, 0.3) is 0 Å². The van der Waals surface area contributed by atoms with Crippen LogP contribution in [0.25, 0.3) is 0 Å². The Kier molecular flexibility index (Phi) is 6.09. The smallest absolute Gasteiger partial charge is 0.308 e. The maximum Gasteiger partial charge on any atom is 0.308 e. The Hall–Kier alpha value is -1.86. The van der Waals surface area contributed by atoms with Crippen LogP contribution in [0.1, 0.15) is 62.1 Å². The van der Waals surface area contributed by atoms with Gasteiger partial charge >= 0.3 is 5.97 Å². The van der Waals surface area contributed by atoms with Gasteiger partial charge in [-0.25, -0.2) is 0 Å². The molecule has 0 N–H and O–H groups in total. The Morgan fingerprint density at radius 2 is 2.12 bits per heavy atom. The van der Waals surface area contributed by atoms with Gasteiger partial charge in [0, 0.05) is 30.4 Å². The van der Waals surface area contributed by atoms with Crippen LogP contribution in [0.2, 0.25) is 0 Å². The number of carbonyl (C=O) groups excluding carboxylic acids is 1. The van der Waals surface area contributed by atoms with E-state index >= 15 is 0 Å². The minimum absolute atomic E-state index is 0.0182. The molecule has 4 nitrogen and oxygen atoms in total. The zero-order chi connectivity index (χ0) is 17.6. The summed E-state index contributed by atoms with van der Waals surface area (Å²) in [6, 6.07) is 2.64. The minimum Gasteiger partial charge on any atom is -0.469 e. The summed E-state index contributed by atoms with van der Waals surface area (Å²) in [5, 5.41) is 0. The molecular weight excluding hydrogens is 312 g/mol. The van der Waals surface area contributed by atoms with Gasteiger partial charge in [0.05, 0.1) is 13.0 Å². The first-order valence-electron chi connectivity index (χ1n) is 9.41. The summed E-state index contributed by atoms with van der Waals surface area (Å²) in [6.45, 7) is 1.15. The summed E-state index contributed by atoms with van der Waals surface area (Å²) < 4.78 is 4.97. The van der Waals surface area contributed by atoms with Crippen molar-refractivity contribution in [3.05, 3.63) is 29.6 Å². The lowest BCUT2D eigenvalue weighted by atomic mass is 9.77. The van der Waals surface area contributed by atoms with Gasteiger partial charge in [0.2, 0.25) is 0 Å². The summed E-state index contributed by atoms with van der Waals surface area (Å²) in [7, 11) is 3.66. The third-order valence-electron chi connectivity index (χ3n) is 5.67. The standard InChI is InChI=1S/C21H28N2O2/c1-23-12-6-11-20(23)18-13-16(14-22-15-18)7-5-9-17-8-3-4-10-19(17)21(24)25-2/h13-15,17,19-20H,3-4,6,8-12H2,1-2H3. The Morgan fingerprint density at radius 1 is 1.28 bits per heavy atom. The van der Waals surface area contributed by atoms with E-state index in [1.807, 2.05) is 12.4 Å². The van der Waals surface area contributed by atoms with Gasteiger partial charge in [0.15, 0.2) is 0 Å². The lowest BCUT2D eigenvalue weighted by molar-refractivity contribution is -0.148. The molecule has 0 bridgehead atoms. The molecule has 1 aromatic rings. The molecule has 4 heteroatoms. The quantitative estimate of drug-likeness (QED) is 0.623. The van der Waals surface area contributed by atoms with Crippen LogP contribution >= 0.6 is 0 Å². The Balaban J connectivity index is 1.66. The van der Waals surface area contributed by atoms with E-state index in [1.165, 1.54) is 31.9 Å². The number of nitrogens with zero attached hydrogens (tertiary/aromatic N) is 2. The second-order valence-corrected chi connectivity index (χ2v) is 7.33. The van der Waals surface area contributed by atoms with Crippen LogP contribution in [-0.2, 0) is 9.53 Å². The van der Waals surface area contributed by atoms with Gasteiger partial charge in [-0.15, -0.1) is 0 Å². The zero-order valence-electron chi connectivity index (χ0n) is 15.3. The fraction of sp³-hybridized carbons (Fsp3) is 0.619. The fourth-order valence-electron chi connectivity index (χ4n) is 4.24. The van der Waals surface area contributed by atoms with Crippen molar-refractivity contribution < 1.29 is 9.53 Å². The molecule has 0 aromatic carbocycles. The molecule has 1 saturated heterocycles. The number of rotatable bonds is 3. The predicted molar refractivity (Wildman–Crippen MR) is 97.8 cm³/mol. The number of carbonyl (C=O) groups is 1. The molecule has 3 atom stereocenters. The summed E-state index contributed by atoms with van der Waals surface area (Å²) in [5.41, 5.74) is 2.24. The highest BCUT2D eigenvalue weighted by Gasteiger charge is 2.31. The first-order valence-corrected chi connectivity index (χ1v) is 9.41. The van der Waals surface area contributed by atoms with E-state index in [-0.39, 0.29) is 11.9 Å². The van der Waals surface area contributed by atoms with Crippen molar-refractivity contribution in [1.82, 2.24) is 9.88 Å². The first-order chi connectivity index (χ1) is 12.2. The van der Waals surface area contributed by atoms with Crippen molar-refractivity contribution in [2.45, 2.75) is 51.0 Å². The molecule has 0 radical (unpaired) electrons. The Labute approximate surface area is 151 Å². The average molecular weight is 340 g/mol. The van der Waals surface area contributed by atoms with Crippen LogP contribution in [0.4, 0.5) is 0 Å². The van der Waals surface area contributed by atoms with E-state index in [9.17, 15) is 4.79 Å². The fourth-order valence-corrected chi connectivity index (χ4v) is 4.24. The van der Waals surface area contributed by atoms with Crippen molar-refractivity contribution in [2.24, 2.45) is 11.8 Å². The number of aromatic nitrogens is 1. The molecule has 134 valence electrons. The van der Waals surface area contributed by atoms with Crippen LogP contribution in [0.15, 0.2) is 18.5 Å². The van der Waals surface area contributed by atoms with Gasteiger partial charge in [-0.1, -0.05) is 24.7 Å². The van der Waals surface area contributed by atoms with E-state index in [1.54, 1.807) is 0 Å². The molecule has 0 spiro atoms. The van der Waals surface area contributed by atoms with Crippen LogP contribution in [0.5, 0.6) is 0 Å². The average Bonchev–Trinajstić information content (AvgIpc) is 3.08. The molecule has 1 aromatic heterocycles. The molecule has 3 rings (SSSR count). The monoisotopic (exact) mass is 340 g/mol. The number of methoxy groups -OCH3 is 1. The van der Waals surface area contributed by atoms with E-state index in [2.05, 4.69) is 34.8 Å². The van der Waals surface area contributed by atoms with Crippen molar-refractivity contribution in [2.75, 3.05) is 20.7 Å². The molecular formula is C21H28N2O2. The van der Waals surface area contributed by atoms with Crippen molar-refractivity contribution >= 4 is 5.97 Å². The van der Waals surface area contributed by atoms with Crippen molar-refractivity contribution in [1.29, 1.82) is 0 Å². The van der Waals surface area contributed by atoms with Crippen molar-refractivity contribution in [3.63, 3.8) is 0 Å². The SMILES string of the molecule is COC(=O)C1CCCCC1CC#Cc1cncc(C2CCCN2C)c1. The molecule has 1 saturated carbocycles. The Bertz CT molecular complexity index is 661. The Morgan fingerprint density at radius 3 is 2.88 bits per heavy atom. The van der Waals surface area contributed by atoms with Crippen LogP contribution < -0.4 is 0 Å². The minimum atomic E-state index is -0.0700. The summed E-state index contributed by atoms with van der Waals surface area (Å²) >= 11 is 0. The summed E-state index contributed by atoms with van der Waals surface area (Å²) in [5.74, 6) is 6.84. The maximum atomic E-state index is 11.9. The highest BCUT2D eigenvalue weighted by atomic mass is 16.5. The molecule has 1 aliphatic heterocycles. The number of esters is 1. The number of hydrogen-bond acceptors (Lipinski definition) is 4. The van der Waals surface area contributed by atoms with E-state index < -0.39 is 0 Å². The number of hydrogen-bond donors (Lipinski definition) is 0. The van der Waals surface area contributed by atoms with Gasteiger partial charge in [-0.05, 0) is 56.8 Å². The molecule has 2 aliphatic rings. The second-order valence-electron chi connectivity index (χ2n) is 7.33. The van der Waals surface area contributed by atoms with Crippen LogP contribution in [0.3, 0.4) is 0 Å². The number of pyridine rings is 1. The maximum absolute atomic E-state index is 11.9. The molecule has 2 fully saturated rings. The lowest BCUT2D eigenvalue weighted by Crippen LogP contribution is -2.27. The number of ether oxygens (including phenoxy) is 1. The van der Waals surface area contributed by atoms with Gasteiger partial charge in [0.1, 0.15) is 0 Å². The van der Waals surface area contributed by atoms with Gasteiger partial charge < -0.3 is 4.74 Å². The third-order valence-corrected chi connectivity index (χ3v) is 5.67.